The summed E-state index contributed by atoms with van der Waals surface area (Å²) in [4.78, 5) is 24.1. The van der Waals surface area contributed by atoms with Gasteiger partial charge in [-0.25, -0.2) is 13.8 Å². The molecule has 2 aliphatic rings. The van der Waals surface area contributed by atoms with Crippen molar-refractivity contribution in [1.82, 2.24) is 29.6 Å². The fourth-order valence-electron chi connectivity index (χ4n) is 5.03. The number of aromatic nitrogens is 5. The Morgan fingerprint density at radius 3 is 2.59 bits per heavy atom. The van der Waals surface area contributed by atoms with Gasteiger partial charge in [0, 0.05) is 29.7 Å². The fraction of sp³-hybridized carbons (Fsp3) is 0.308. The highest BCUT2D eigenvalue weighted by molar-refractivity contribution is 5.94. The van der Waals surface area contributed by atoms with Gasteiger partial charge in [0.25, 0.3) is 5.91 Å². The van der Waals surface area contributed by atoms with Gasteiger partial charge in [-0.3, -0.25) is 14.5 Å². The van der Waals surface area contributed by atoms with E-state index in [4.69, 9.17) is 0 Å². The summed E-state index contributed by atoms with van der Waals surface area (Å²) < 4.78 is 57.5. The average molecular weight is 541 g/mol. The Morgan fingerprint density at radius 1 is 1.15 bits per heavy atom. The molecule has 39 heavy (non-hydrogen) atoms. The molecule has 0 atom stereocenters. The van der Waals surface area contributed by atoms with Crippen molar-refractivity contribution < 1.29 is 22.4 Å². The summed E-state index contributed by atoms with van der Waals surface area (Å²) in [5.74, 6) is -1.21. The summed E-state index contributed by atoms with van der Waals surface area (Å²) in [5.41, 5.74) is 1.60. The second kappa shape index (κ2) is 9.40. The van der Waals surface area contributed by atoms with Crippen molar-refractivity contribution >= 4 is 23.4 Å². The Morgan fingerprint density at radius 2 is 1.92 bits per heavy atom. The van der Waals surface area contributed by atoms with Crippen LogP contribution in [0.15, 0.2) is 48.9 Å². The van der Waals surface area contributed by atoms with Crippen LogP contribution in [0.1, 0.15) is 35.2 Å². The van der Waals surface area contributed by atoms with Gasteiger partial charge in [-0.2, -0.15) is 18.9 Å². The predicted molar refractivity (Wildman–Crippen MR) is 135 cm³/mol. The molecule has 13 heteroatoms. The zero-order valence-corrected chi connectivity index (χ0v) is 20.8. The molecule has 1 aromatic carbocycles. The number of carbonyl (C=O) groups excluding carboxylic acids is 1. The van der Waals surface area contributed by atoms with Crippen molar-refractivity contribution in [1.29, 1.82) is 0 Å². The number of benzene rings is 1. The Hall–Kier alpha value is -4.42. The van der Waals surface area contributed by atoms with E-state index in [9.17, 15) is 22.4 Å². The summed E-state index contributed by atoms with van der Waals surface area (Å²) >= 11 is 0. The molecular formula is C26H24F4N8O. The summed E-state index contributed by atoms with van der Waals surface area (Å²) in [7, 11) is 0. The van der Waals surface area contributed by atoms with Crippen molar-refractivity contribution in [2.75, 3.05) is 29.9 Å². The molecule has 9 nitrogen and oxygen atoms in total. The van der Waals surface area contributed by atoms with E-state index in [1.54, 1.807) is 29.4 Å². The van der Waals surface area contributed by atoms with Crippen LogP contribution < -0.4 is 10.2 Å². The van der Waals surface area contributed by atoms with Crippen LogP contribution in [0.25, 0.3) is 11.1 Å². The van der Waals surface area contributed by atoms with Gasteiger partial charge in [-0.15, -0.1) is 0 Å². The van der Waals surface area contributed by atoms with Crippen molar-refractivity contribution in [3.63, 3.8) is 0 Å². The quantitative estimate of drug-likeness (QED) is 0.345. The SMILES string of the molecule is CC1(F)CN(C(=O)c2cc3c(n2C(F)F)CN(c2ncc(F)c(Nc4ccc(-c5cn[nH]c5)cc4)n2)CC3)C1. The minimum absolute atomic E-state index is 0.00174. The van der Waals surface area contributed by atoms with E-state index in [2.05, 4.69) is 25.5 Å². The van der Waals surface area contributed by atoms with Gasteiger partial charge < -0.3 is 15.1 Å². The first kappa shape index (κ1) is 24.9. The summed E-state index contributed by atoms with van der Waals surface area (Å²) in [5, 5.41) is 9.62. The molecule has 2 N–H and O–H groups in total. The van der Waals surface area contributed by atoms with Crippen LogP contribution in [0.5, 0.6) is 0 Å². The number of rotatable bonds is 6. The lowest BCUT2D eigenvalue weighted by Gasteiger charge is -2.42. The zero-order valence-electron chi connectivity index (χ0n) is 20.8. The van der Waals surface area contributed by atoms with E-state index in [1.165, 1.54) is 17.9 Å². The number of aromatic amines is 1. The van der Waals surface area contributed by atoms with E-state index in [1.807, 2.05) is 12.1 Å². The highest BCUT2D eigenvalue weighted by Gasteiger charge is 2.43. The lowest BCUT2D eigenvalue weighted by Crippen LogP contribution is -2.59. The maximum absolute atomic E-state index is 14.6. The third-order valence-corrected chi connectivity index (χ3v) is 6.96. The highest BCUT2D eigenvalue weighted by atomic mass is 19.3. The molecule has 1 saturated heterocycles. The van der Waals surface area contributed by atoms with Crippen LogP contribution in [0, 0.1) is 5.82 Å². The van der Waals surface area contributed by atoms with Gasteiger partial charge in [0.1, 0.15) is 11.4 Å². The molecule has 202 valence electrons. The number of likely N-dealkylation sites (tertiary alicyclic amines) is 1. The van der Waals surface area contributed by atoms with Crippen LogP contribution in [0.3, 0.4) is 0 Å². The van der Waals surface area contributed by atoms with Gasteiger partial charge in [-0.1, -0.05) is 12.1 Å². The second-order valence-corrected chi connectivity index (χ2v) is 9.95. The van der Waals surface area contributed by atoms with Crippen LogP contribution in [0.4, 0.5) is 35.0 Å². The van der Waals surface area contributed by atoms with Crippen LogP contribution in [0.2, 0.25) is 0 Å². The third-order valence-electron chi connectivity index (χ3n) is 6.96. The van der Waals surface area contributed by atoms with Crippen LogP contribution >= 0.6 is 0 Å². The Labute approximate surface area is 220 Å². The number of halogens is 4. The first-order chi connectivity index (χ1) is 18.7. The van der Waals surface area contributed by atoms with Gasteiger partial charge in [0.05, 0.1) is 32.0 Å². The van der Waals surface area contributed by atoms with E-state index >= 15 is 0 Å². The average Bonchev–Trinajstić information content (AvgIpc) is 3.56. The van der Waals surface area contributed by atoms with Gasteiger partial charge >= 0.3 is 6.55 Å². The van der Waals surface area contributed by atoms with Crippen molar-refractivity contribution in [2.45, 2.75) is 32.1 Å². The van der Waals surface area contributed by atoms with Crippen LogP contribution in [-0.2, 0) is 13.0 Å². The normalized spacial score (nSPS) is 16.3. The van der Waals surface area contributed by atoms with Gasteiger partial charge in [-0.05, 0) is 42.7 Å². The molecule has 4 aromatic rings. The fourth-order valence-corrected chi connectivity index (χ4v) is 5.03. The summed E-state index contributed by atoms with van der Waals surface area (Å²) in [6.07, 6.45) is 4.83. The van der Waals surface area contributed by atoms with Gasteiger partial charge in [0.15, 0.2) is 11.6 Å². The Balaban J connectivity index is 1.23. The van der Waals surface area contributed by atoms with E-state index in [0.29, 0.717) is 28.8 Å². The standard InChI is InChI=1S/C26H24F4N8O/c1-26(30)13-37(14-26)23(39)20-8-16-6-7-36(12-21(16)38(20)24(28)29)25-31-11-19(27)22(35-25)34-18-4-2-15(3-5-18)17-9-32-33-10-17/h2-5,8-11,24H,6-7,12-14H2,1H3,(H,32,33)(H,31,34,35). The minimum atomic E-state index is -2.97. The third kappa shape index (κ3) is 4.68. The number of fused-ring (bicyclic) bond motifs is 1. The molecule has 0 spiro atoms. The number of alkyl halides is 3. The zero-order chi connectivity index (χ0) is 27.3. The van der Waals surface area contributed by atoms with Crippen molar-refractivity contribution in [3.8, 4) is 11.1 Å². The first-order valence-electron chi connectivity index (χ1n) is 12.3. The van der Waals surface area contributed by atoms with E-state index < -0.39 is 23.9 Å². The number of hydrogen-bond acceptors (Lipinski definition) is 6. The molecule has 1 fully saturated rings. The predicted octanol–water partition coefficient (Wildman–Crippen LogP) is 4.69. The molecule has 0 radical (unpaired) electrons. The molecule has 0 unspecified atom stereocenters. The number of carbonyl (C=O) groups is 1. The number of anilines is 3. The maximum Gasteiger partial charge on any atom is 0.319 e. The molecule has 0 saturated carbocycles. The molecule has 2 aliphatic heterocycles. The molecular weight excluding hydrogens is 516 g/mol. The molecule has 5 heterocycles. The number of nitrogens with zero attached hydrogens (tertiary/aromatic N) is 6. The van der Waals surface area contributed by atoms with E-state index in [-0.39, 0.29) is 42.8 Å². The largest absolute Gasteiger partial charge is 0.338 e. The number of amides is 1. The Kier molecular flexibility index (Phi) is 6.00. The number of hydrogen-bond donors (Lipinski definition) is 2. The Bertz CT molecular complexity index is 1510. The van der Waals surface area contributed by atoms with Crippen molar-refractivity contribution in [2.24, 2.45) is 0 Å². The monoisotopic (exact) mass is 540 g/mol. The summed E-state index contributed by atoms with van der Waals surface area (Å²) in [6.45, 7) is -1.50. The smallest absolute Gasteiger partial charge is 0.319 e. The van der Waals surface area contributed by atoms with Crippen LogP contribution in [-0.4, -0.2) is 60.8 Å². The molecule has 1 amide bonds. The molecule has 0 aliphatic carbocycles. The molecule has 3 aromatic heterocycles. The number of H-pyrrole nitrogens is 1. The lowest BCUT2D eigenvalue weighted by atomic mass is 9.98. The molecule has 6 rings (SSSR count). The second-order valence-electron chi connectivity index (χ2n) is 9.95. The minimum Gasteiger partial charge on any atom is -0.338 e. The summed E-state index contributed by atoms with van der Waals surface area (Å²) in [6, 6.07) is 8.71. The van der Waals surface area contributed by atoms with Crippen molar-refractivity contribution in [3.05, 3.63) is 71.7 Å². The first-order valence-corrected chi connectivity index (χ1v) is 12.3. The maximum atomic E-state index is 14.6. The number of nitrogens with one attached hydrogen (secondary N) is 2. The van der Waals surface area contributed by atoms with Gasteiger partial charge in [0.2, 0.25) is 5.95 Å². The highest BCUT2D eigenvalue weighted by Crippen LogP contribution is 2.33. The molecule has 0 bridgehead atoms. The van der Waals surface area contributed by atoms with E-state index in [0.717, 1.165) is 17.3 Å². The lowest BCUT2D eigenvalue weighted by molar-refractivity contribution is -0.0103. The topological polar surface area (TPSA) is 95.0 Å².